The maximum absolute atomic E-state index is 11.8. The summed E-state index contributed by atoms with van der Waals surface area (Å²) in [5, 5.41) is 0. The normalized spacial score (nSPS) is 10.5. The second kappa shape index (κ2) is 8.10. The van der Waals surface area contributed by atoms with Gasteiger partial charge in [0.1, 0.15) is 0 Å². The number of nitrogens with two attached hydrogens (primary N) is 1. The van der Waals surface area contributed by atoms with Crippen LogP contribution >= 0.6 is 11.8 Å². The number of nitrogens with zero attached hydrogens (tertiary/aromatic N) is 1. The molecule has 0 bridgehead atoms. The molecule has 1 amide bonds. The van der Waals surface area contributed by atoms with Crippen LogP contribution in [0, 0.1) is 6.92 Å². The van der Waals surface area contributed by atoms with Crippen molar-refractivity contribution in [1.82, 2.24) is 4.90 Å². The van der Waals surface area contributed by atoms with Crippen LogP contribution in [-0.4, -0.2) is 29.6 Å². The van der Waals surface area contributed by atoms with Crippen LogP contribution in [0.15, 0.2) is 23.1 Å². The van der Waals surface area contributed by atoms with Crippen molar-refractivity contribution < 1.29 is 4.79 Å². The minimum atomic E-state index is 0.259. The zero-order valence-corrected chi connectivity index (χ0v) is 12.9. The molecule has 19 heavy (non-hydrogen) atoms. The average Bonchev–Trinajstić information content (AvgIpc) is 2.40. The first-order valence-corrected chi connectivity index (χ1v) is 7.83. The summed E-state index contributed by atoms with van der Waals surface area (Å²) in [7, 11) is 0. The molecule has 0 aliphatic rings. The standard InChI is InChI=1S/C15H24N2OS/c1-4-17(5-2)15(18)7-6-10-19-14-11-13(16)9-8-12(14)3/h8-9,11H,4-7,10,16H2,1-3H3. The molecule has 1 aromatic rings. The first kappa shape index (κ1) is 15.9. The Kier molecular flexibility index (Phi) is 6.78. The van der Waals surface area contributed by atoms with Crippen molar-refractivity contribution in [3.63, 3.8) is 0 Å². The lowest BCUT2D eigenvalue weighted by molar-refractivity contribution is -0.130. The Morgan fingerprint density at radius 2 is 2.00 bits per heavy atom. The van der Waals surface area contributed by atoms with Crippen molar-refractivity contribution in [1.29, 1.82) is 0 Å². The predicted molar refractivity (Wildman–Crippen MR) is 83.5 cm³/mol. The van der Waals surface area contributed by atoms with E-state index in [2.05, 4.69) is 6.92 Å². The van der Waals surface area contributed by atoms with Crippen LogP contribution < -0.4 is 5.73 Å². The zero-order chi connectivity index (χ0) is 14.3. The molecule has 0 saturated carbocycles. The van der Waals surface area contributed by atoms with Crippen LogP contribution in [0.5, 0.6) is 0 Å². The molecule has 2 N–H and O–H groups in total. The van der Waals surface area contributed by atoms with Gasteiger partial charge in [-0.25, -0.2) is 0 Å². The molecule has 0 spiro atoms. The van der Waals surface area contributed by atoms with Gasteiger partial charge in [-0.1, -0.05) is 6.07 Å². The number of amides is 1. The summed E-state index contributed by atoms with van der Waals surface area (Å²) < 4.78 is 0. The fourth-order valence-corrected chi connectivity index (χ4v) is 2.94. The highest BCUT2D eigenvalue weighted by Gasteiger charge is 2.08. The van der Waals surface area contributed by atoms with Gasteiger partial charge >= 0.3 is 0 Å². The van der Waals surface area contributed by atoms with E-state index >= 15 is 0 Å². The third-order valence-corrected chi connectivity index (χ3v) is 4.36. The van der Waals surface area contributed by atoms with Gasteiger partial charge in [0.25, 0.3) is 0 Å². The highest BCUT2D eigenvalue weighted by Crippen LogP contribution is 2.25. The smallest absolute Gasteiger partial charge is 0.222 e. The molecule has 106 valence electrons. The Labute approximate surface area is 120 Å². The highest BCUT2D eigenvalue weighted by molar-refractivity contribution is 7.99. The summed E-state index contributed by atoms with van der Waals surface area (Å²) in [6, 6.07) is 5.97. The lowest BCUT2D eigenvalue weighted by Gasteiger charge is -2.18. The number of rotatable bonds is 7. The van der Waals surface area contributed by atoms with Gasteiger partial charge in [0.15, 0.2) is 0 Å². The molecule has 0 radical (unpaired) electrons. The van der Waals surface area contributed by atoms with Gasteiger partial charge in [0, 0.05) is 30.1 Å². The first-order valence-electron chi connectivity index (χ1n) is 6.85. The Morgan fingerprint density at radius 1 is 1.32 bits per heavy atom. The Hall–Kier alpha value is -1.16. The second-order valence-corrected chi connectivity index (χ2v) is 5.68. The van der Waals surface area contributed by atoms with E-state index in [1.165, 1.54) is 10.5 Å². The molecule has 0 saturated heterocycles. The summed E-state index contributed by atoms with van der Waals surface area (Å²) in [5.41, 5.74) is 7.82. The Morgan fingerprint density at radius 3 is 2.63 bits per heavy atom. The van der Waals surface area contributed by atoms with Crippen LogP contribution in [0.4, 0.5) is 5.69 Å². The Bertz CT molecular complexity index is 417. The van der Waals surface area contributed by atoms with Gasteiger partial charge in [-0.3, -0.25) is 4.79 Å². The van der Waals surface area contributed by atoms with Crippen LogP contribution in [0.1, 0.15) is 32.3 Å². The third-order valence-electron chi connectivity index (χ3n) is 3.12. The predicted octanol–water partition coefficient (Wildman–Crippen LogP) is 3.32. The fourth-order valence-electron chi connectivity index (χ4n) is 1.91. The van der Waals surface area contributed by atoms with E-state index < -0.39 is 0 Å². The SMILES string of the molecule is CCN(CC)C(=O)CCCSc1cc(N)ccc1C. The van der Waals surface area contributed by atoms with Crippen molar-refractivity contribution >= 4 is 23.4 Å². The lowest BCUT2D eigenvalue weighted by Crippen LogP contribution is -2.30. The fraction of sp³-hybridized carbons (Fsp3) is 0.533. The molecule has 4 heteroatoms. The quantitative estimate of drug-likeness (QED) is 0.473. The van der Waals surface area contributed by atoms with Crippen LogP contribution in [0.2, 0.25) is 0 Å². The number of aryl methyl sites for hydroxylation is 1. The van der Waals surface area contributed by atoms with Crippen LogP contribution in [-0.2, 0) is 4.79 Å². The van der Waals surface area contributed by atoms with Gasteiger partial charge in [-0.05, 0) is 50.6 Å². The van der Waals surface area contributed by atoms with Crippen molar-refractivity contribution in [3.05, 3.63) is 23.8 Å². The van der Waals surface area contributed by atoms with Gasteiger partial charge in [-0.2, -0.15) is 0 Å². The maximum Gasteiger partial charge on any atom is 0.222 e. The number of thioether (sulfide) groups is 1. The molecule has 0 unspecified atom stereocenters. The molecule has 0 atom stereocenters. The summed E-state index contributed by atoms with van der Waals surface area (Å²) >= 11 is 1.78. The summed E-state index contributed by atoms with van der Waals surface area (Å²) in [6.07, 6.45) is 1.55. The number of hydrogen-bond donors (Lipinski definition) is 1. The van der Waals surface area contributed by atoms with Crippen molar-refractivity contribution in [2.45, 2.75) is 38.5 Å². The number of nitrogen functional groups attached to an aromatic ring is 1. The van der Waals surface area contributed by atoms with E-state index in [-0.39, 0.29) is 5.91 Å². The maximum atomic E-state index is 11.8. The number of benzene rings is 1. The van der Waals surface area contributed by atoms with E-state index in [0.717, 1.165) is 31.0 Å². The monoisotopic (exact) mass is 280 g/mol. The molecule has 0 aliphatic heterocycles. The molecular formula is C15H24N2OS. The van der Waals surface area contributed by atoms with E-state index in [1.54, 1.807) is 11.8 Å². The molecule has 0 aliphatic carbocycles. The van der Waals surface area contributed by atoms with E-state index in [0.29, 0.717) is 6.42 Å². The largest absolute Gasteiger partial charge is 0.399 e. The minimum absolute atomic E-state index is 0.259. The van der Waals surface area contributed by atoms with E-state index in [1.807, 2.05) is 36.9 Å². The third kappa shape index (κ3) is 5.15. The highest BCUT2D eigenvalue weighted by atomic mass is 32.2. The van der Waals surface area contributed by atoms with Gasteiger partial charge in [-0.15, -0.1) is 11.8 Å². The summed E-state index contributed by atoms with van der Waals surface area (Å²) in [5.74, 6) is 1.21. The lowest BCUT2D eigenvalue weighted by atomic mass is 10.2. The van der Waals surface area contributed by atoms with E-state index in [9.17, 15) is 4.79 Å². The molecular weight excluding hydrogens is 256 g/mol. The van der Waals surface area contributed by atoms with Crippen LogP contribution in [0.3, 0.4) is 0 Å². The topological polar surface area (TPSA) is 46.3 Å². The first-order chi connectivity index (χ1) is 9.08. The van der Waals surface area contributed by atoms with Crippen molar-refractivity contribution in [2.75, 3.05) is 24.6 Å². The molecule has 1 aromatic carbocycles. The molecule has 1 rings (SSSR count). The van der Waals surface area contributed by atoms with Gasteiger partial charge in [0.2, 0.25) is 5.91 Å². The zero-order valence-electron chi connectivity index (χ0n) is 12.1. The number of carbonyl (C=O) groups is 1. The molecule has 0 fully saturated rings. The average molecular weight is 280 g/mol. The number of hydrogen-bond acceptors (Lipinski definition) is 3. The second-order valence-electron chi connectivity index (χ2n) is 4.54. The Balaban J connectivity index is 2.35. The van der Waals surface area contributed by atoms with Gasteiger partial charge in [0.05, 0.1) is 0 Å². The van der Waals surface area contributed by atoms with Gasteiger partial charge < -0.3 is 10.6 Å². The number of carbonyl (C=O) groups excluding carboxylic acids is 1. The molecule has 0 heterocycles. The van der Waals surface area contributed by atoms with E-state index in [4.69, 9.17) is 5.73 Å². The molecule has 3 nitrogen and oxygen atoms in total. The minimum Gasteiger partial charge on any atom is -0.399 e. The summed E-state index contributed by atoms with van der Waals surface area (Å²) in [4.78, 5) is 14.9. The number of anilines is 1. The van der Waals surface area contributed by atoms with Crippen molar-refractivity contribution in [3.8, 4) is 0 Å². The van der Waals surface area contributed by atoms with Crippen molar-refractivity contribution in [2.24, 2.45) is 0 Å². The summed E-state index contributed by atoms with van der Waals surface area (Å²) in [6.45, 7) is 7.73. The molecule has 0 aromatic heterocycles. The van der Waals surface area contributed by atoms with Crippen LogP contribution in [0.25, 0.3) is 0 Å².